The Hall–Kier alpha value is -3.49. The summed E-state index contributed by atoms with van der Waals surface area (Å²) < 4.78 is 13.0. The molecule has 2 amide bonds. The van der Waals surface area contributed by atoms with Crippen molar-refractivity contribution in [3.63, 3.8) is 0 Å². The number of hydrogen-bond donors (Lipinski definition) is 3. The number of aliphatic carboxylic acids is 1. The zero-order chi connectivity index (χ0) is 20.3. The van der Waals surface area contributed by atoms with E-state index >= 15 is 0 Å². The van der Waals surface area contributed by atoms with Crippen molar-refractivity contribution in [3.8, 4) is 5.75 Å². The third kappa shape index (κ3) is 4.25. The van der Waals surface area contributed by atoms with Gasteiger partial charge in [0.2, 0.25) is 5.91 Å². The van der Waals surface area contributed by atoms with E-state index < -0.39 is 35.4 Å². The van der Waals surface area contributed by atoms with E-state index in [0.29, 0.717) is 5.69 Å². The summed E-state index contributed by atoms with van der Waals surface area (Å²) in [5.41, 5.74) is 0.162. The maximum atomic E-state index is 13.0. The van der Waals surface area contributed by atoms with Gasteiger partial charge in [-0.05, 0) is 42.8 Å². The molecule has 0 saturated carbocycles. The average molecular weight is 387 g/mol. The van der Waals surface area contributed by atoms with Crippen LogP contribution in [0.25, 0.3) is 0 Å². The number of aromatic nitrogens is 1. The number of amides is 2. The number of halogens is 1. The Balaban J connectivity index is 1.78. The smallest absolute Gasteiger partial charge is 0.308 e. The number of rotatable bonds is 4. The first-order valence-electron chi connectivity index (χ1n) is 8.57. The van der Waals surface area contributed by atoms with Crippen molar-refractivity contribution in [1.29, 1.82) is 0 Å². The second kappa shape index (κ2) is 8.03. The van der Waals surface area contributed by atoms with Crippen molar-refractivity contribution in [2.45, 2.75) is 6.42 Å². The molecule has 1 fully saturated rings. The van der Waals surface area contributed by atoms with E-state index in [1.807, 2.05) is 0 Å². The summed E-state index contributed by atoms with van der Waals surface area (Å²) in [5, 5.41) is 21.9. The van der Waals surface area contributed by atoms with E-state index in [1.165, 1.54) is 47.5 Å². The van der Waals surface area contributed by atoms with Crippen molar-refractivity contribution in [2.75, 3.05) is 18.4 Å². The highest BCUT2D eigenvalue weighted by Crippen LogP contribution is 2.26. The number of benzene rings is 1. The number of nitrogens with zero attached hydrogens (tertiary/aromatic N) is 2. The molecule has 3 rings (SSSR count). The van der Waals surface area contributed by atoms with Crippen LogP contribution in [0.15, 0.2) is 42.6 Å². The summed E-state index contributed by atoms with van der Waals surface area (Å²) >= 11 is 0. The Morgan fingerprint density at radius 2 is 1.79 bits per heavy atom. The molecule has 1 aromatic heterocycles. The monoisotopic (exact) mass is 387 g/mol. The van der Waals surface area contributed by atoms with Crippen LogP contribution in [0.3, 0.4) is 0 Å². The molecule has 2 heterocycles. The lowest BCUT2D eigenvalue weighted by Crippen LogP contribution is -2.49. The Morgan fingerprint density at radius 3 is 2.43 bits per heavy atom. The van der Waals surface area contributed by atoms with Crippen LogP contribution in [-0.2, 0) is 9.59 Å². The van der Waals surface area contributed by atoms with Crippen LogP contribution in [-0.4, -0.2) is 51.0 Å². The second-order valence-electron chi connectivity index (χ2n) is 6.55. The molecule has 1 aliphatic heterocycles. The molecule has 1 aromatic carbocycles. The van der Waals surface area contributed by atoms with Gasteiger partial charge in [-0.2, -0.15) is 0 Å². The SMILES string of the molecule is O=C(O)[C@H]1C[C@@H](C(=O)Nc2ccc(F)cc2)CN(C(=O)c2ncccc2O)C1. The van der Waals surface area contributed by atoms with Crippen molar-refractivity contribution in [3.05, 3.63) is 54.1 Å². The number of carboxylic acids is 1. The number of nitrogens with one attached hydrogen (secondary N) is 1. The molecule has 8 nitrogen and oxygen atoms in total. The topological polar surface area (TPSA) is 120 Å². The molecule has 2 atom stereocenters. The first-order valence-corrected chi connectivity index (χ1v) is 8.57. The minimum absolute atomic E-state index is 0.0222. The van der Waals surface area contributed by atoms with E-state index in [0.717, 1.165) is 0 Å². The van der Waals surface area contributed by atoms with Gasteiger partial charge in [0.05, 0.1) is 11.8 Å². The van der Waals surface area contributed by atoms with E-state index in [1.54, 1.807) is 0 Å². The standard InChI is InChI=1S/C19H18FN3O5/c20-13-3-5-14(6-4-13)22-17(25)11-8-12(19(27)28)10-23(9-11)18(26)16-15(24)2-1-7-21-16/h1-7,11-12,24H,8-10H2,(H,22,25)(H,27,28)/t11-,12+/m1/s1. The molecule has 0 aliphatic carbocycles. The molecule has 9 heteroatoms. The van der Waals surface area contributed by atoms with Crippen LogP contribution in [0.2, 0.25) is 0 Å². The fourth-order valence-electron chi connectivity index (χ4n) is 3.12. The Labute approximate surface area is 159 Å². The highest BCUT2D eigenvalue weighted by Gasteiger charge is 2.38. The fourth-order valence-corrected chi connectivity index (χ4v) is 3.12. The lowest BCUT2D eigenvalue weighted by Gasteiger charge is -2.35. The van der Waals surface area contributed by atoms with Gasteiger partial charge in [-0.15, -0.1) is 0 Å². The molecule has 28 heavy (non-hydrogen) atoms. The van der Waals surface area contributed by atoms with E-state index in [4.69, 9.17) is 0 Å². The maximum Gasteiger partial charge on any atom is 0.308 e. The number of carbonyl (C=O) groups is 3. The molecule has 0 spiro atoms. The first-order chi connectivity index (χ1) is 13.3. The predicted octanol–water partition coefficient (Wildman–Crippen LogP) is 1.73. The number of pyridine rings is 1. The Bertz CT molecular complexity index is 903. The number of carboxylic acid groups (broad SMARTS) is 1. The first kappa shape index (κ1) is 19.3. The van der Waals surface area contributed by atoms with Gasteiger partial charge < -0.3 is 20.4 Å². The largest absolute Gasteiger partial charge is 0.505 e. The number of carbonyl (C=O) groups excluding carboxylic acids is 2. The molecule has 0 radical (unpaired) electrons. The number of piperidine rings is 1. The van der Waals surface area contributed by atoms with Gasteiger partial charge >= 0.3 is 5.97 Å². The lowest BCUT2D eigenvalue weighted by molar-refractivity contribution is -0.144. The minimum Gasteiger partial charge on any atom is -0.505 e. The Morgan fingerprint density at radius 1 is 1.11 bits per heavy atom. The summed E-state index contributed by atoms with van der Waals surface area (Å²) in [6, 6.07) is 7.92. The number of likely N-dealkylation sites (tertiary alicyclic amines) is 1. The van der Waals surface area contributed by atoms with Crippen molar-refractivity contribution >= 4 is 23.5 Å². The van der Waals surface area contributed by atoms with E-state index in [2.05, 4.69) is 10.3 Å². The van der Waals surface area contributed by atoms with Crippen LogP contribution in [0.1, 0.15) is 16.9 Å². The third-order valence-corrected chi connectivity index (χ3v) is 4.56. The fraction of sp³-hybridized carbons (Fsp3) is 0.263. The van der Waals surface area contributed by atoms with Crippen molar-refractivity contribution in [2.24, 2.45) is 11.8 Å². The summed E-state index contributed by atoms with van der Waals surface area (Å²) in [6.07, 6.45) is 1.39. The van der Waals surface area contributed by atoms with Crippen molar-refractivity contribution < 1.29 is 29.0 Å². The van der Waals surface area contributed by atoms with Gasteiger partial charge in [-0.3, -0.25) is 14.4 Å². The van der Waals surface area contributed by atoms with Gasteiger partial charge in [0.15, 0.2) is 5.69 Å². The average Bonchev–Trinajstić information content (AvgIpc) is 2.69. The van der Waals surface area contributed by atoms with Crippen LogP contribution >= 0.6 is 0 Å². The molecule has 3 N–H and O–H groups in total. The number of aromatic hydroxyl groups is 1. The molecule has 1 aliphatic rings. The van der Waals surface area contributed by atoms with E-state index in [9.17, 15) is 29.0 Å². The van der Waals surface area contributed by atoms with Gasteiger partial charge in [0, 0.05) is 25.0 Å². The molecule has 146 valence electrons. The zero-order valence-corrected chi connectivity index (χ0v) is 14.7. The Kier molecular flexibility index (Phi) is 5.53. The lowest BCUT2D eigenvalue weighted by atomic mass is 9.88. The highest BCUT2D eigenvalue weighted by atomic mass is 19.1. The van der Waals surface area contributed by atoms with Crippen LogP contribution in [0.4, 0.5) is 10.1 Å². The molecular weight excluding hydrogens is 369 g/mol. The van der Waals surface area contributed by atoms with Gasteiger partial charge in [0.25, 0.3) is 5.91 Å². The number of hydrogen-bond acceptors (Lipinski definition) is 5. The van der Waals surface area contributed by atoms with Gasteiger partial charge in [-0.25, -0.2) is 9.37 Å². The summed E-state index contributed by atoms with van der Waals surface area (Å²) in [6.45, 7) is -0.115. The van der Waals surface area contributed by atoms with Gasteiger partial charge in [-0.1, -0.05) is 0 Å². The van der Waals surface area contributed by atoms with E-state index in [-0.39, 0.29) is 31.0 Å². The molecular formula is C19H18FN3O5. The predicted molar refractivity (Wildman–Crippen MR) is 96.1 cm³/mol. The van der Waals surface area contributed by atoms with Gasteiger partial charge in [0.1, 0.15) is 11.6 Å². The summed E-state index contributed by atoms with van der Waals surface area (Å²) in [4.78, 5) is 41.8. The van der Waals surface area contributed by atoms with Crippen LogP contribution in [0, 0.1) is 17.7 Å². The molecule has 0 bridgehead atoms. The molecule has 1 saturated heterocycles. The highest BCUT2D eigenvalue weighted by molar-refractivity contribution is 5.97. The molecule has 0 unspecified atom stereocenters. The molecule has 2 aromatic rings. The minimum atomic E-state index is -1.12. The maximum absolute atomic E-state index is 13.0. The second-order valence-corrected chi connectivity index (χ2v) is 6.55. The quantitative estimate of drug-likeness (QED) is 0.735. The summed E-state index contributed by atoms with van der Waals surface area (Å²) in [5.74, 6) is -4.74. The summed E-state index contributed by atoms with van der Waals surface area (Å²) in [7, 11) is 0. The third-order valence-electron chi connectivity index (χ3n) is 4.56. The van der Waals surface area contributed by atoms with Crippen LogP contribution < -0.4 is 5.32 Å². The number of anilines is 1. The van der Waals surface area contributed by atoms with Crippen LogP contribution in [0.5, 0.6) is 5.75 Å². The zero-order valence-electron chi connectivity index (χ0n) is 14.7. The normalized spacial score (nSPS) is 19.1. The van der Waals surface area contributed by atoms with Crippen molar-refractivity contribution in [1.82, 2.24) is 9.88 Å².